The van der Waals surface area contributed by atoms with Crippen LogP contribution in [0.2, 0.25) is 0 Å². The van der Waals surface area contributed by atoms with Crippen molar-refractivity contribution < 1.29 is 36.0 Å². The van der Waals surface area contributed by atoms with Gasteiger partial charge < -0.3 is 31.8 Å². The maximum absolute atomic E-state index is 5.41. The van der Waals surface area contributed by atoms with Gasteiger partial charge in [0.1, 0.15) is 13.6 Å². The number of unbranched alkanes of at least 4 members (excludes halogenated alkanes) is 4. The van der Waals surface area contributed by atoms with Gasteiger partial charge in [-0.15, -0.1) is 0 Å². The molecule has 0 aromatic carbocycles. The summed E-state index contributed by atoms with van der Waals surface area (Å²) in [7, 11) is 0. The van der Waals surface area contributed by atoms with E-state index in [9.17, 15) is 0 Å². The van der Waals surface area contributed by atoms with Crippen molar-refractivity contribution in [3.05, 3.63) is 12.8 Å². The summed E-state index contributed by atoms with van der Waals surface area (Å²) < 4.78 is 21.5. The Morgan fingerprint density at radius 2 is 0.882 bits per heavy atom. The molecule has 0 aromatic rings. The Kier molecular flexibility index (Phi) is 47.6. The van der Waals surface area contributed by atoms with E-state index in [1.807, 2.05) is 0 Å². The smallest absolute Gasteiger partial charge is 0.355 e. The zero-order valence-electron chi connectivity index (χ0n) is 24.0. The van der Waals surface area contributed by atoms with Crippen LogP contribution >= 0.6 is 0 Å². The van der Waals surface area contributed by atoms with Crippen molar-refractivity contribution in [2.24, 2.45) is 11.8 Å². The molecule has 0 bridgehead atoms. The Bertz CT molecular complexity index is 295. The van der Waals surface area contributed by atoms with E-state index in [1.165, 1.54) is 51.4 Å². The Morgan fingerprint density at radius 1 is 0.559 bits per heavy atom. The quantitative estimate of drug-likeness (QED) is 0.0550. The molecule has 0 aromatic heterocycles. The van der Waals surface area contributed by atoms with Crippen LogP contribution < -0.4 is 0 Å². The van der Waals surface area contributed by atoms with E-state index < -0.39 is 0 Å². The van der Waals surface area contributed by atoms with Gasteiger partial charge in [-0.05, 0) is 25.7 Å². The molecule has 2 radical (unpaired) electrons. The van der Waals surface area contributed by atoms with Gasteiger partial charge >= 0.3 is 17.1 Å². The van der Waals surface area contributed by atoms with Gasteiger partial charge in [0.2, 0.25) is 0 Å². The molecular weight excluding hydrogens is 471 g/mol. The molecule has 0 saturated heterocycles. The number of hydrogen-bond acceptors (Lipinski definition) is 4. The fourth-order valence-electron chi connectivity index (χ4n) is 3.37. The molecule has 6 heteroatoms. The Balaban J connectivity index is -0.000000250. The van der Waals surface area contributed by atoms with Crippen LogP contribution in [-0.4, -0.2) is 58.9 Å². The van der Waals surface area contributed by atoms with E-state index in [0.717, 1.165) is 63.9 Å². The van der Waals surface area contributed by atoms with Gasteiger partial charge in [-0.2, -0.15) is 26.7 Å². The SMILES string of the molecule is C[CH-]CC(C)CCCOCOCCCCC.C[CH-]CC(C)CCCOCOCCCCC.[Cu+2].[Li]. The number of ether oxygens (including phenoxy) is 4. The van der Waals surface area contributed by atoms with Crippen molar-refractivity contribution in [3.63, 3.8) is 0 Å². The first-order chi connectivity index (χ1) is 15.6. The first-order valence-corrected chi connectivity index (χ1v) is 13.5. The van der Waals surface area contributed by atoms with Gasteiger partial charge in [-0.1, -0.05) is 78.1 Å². The van der Waals surface area contributed by atoms with Gasteiger partial charge in [-0.25, -0.2) is 0 Å². The number of hydrogen-bond donors (Lipinski definition) is 0. The minimum Gasteiger partial charge on any atom is -0.355 e. The molecule has 34 heavy (non-hydrogen) atoms. The van der Waals surface area contributed by atoms with E-state index >= 15 is 0 Å². The summed E-state index contributed by atoms with van der Waals surface area (Å²) in [6, 6.07) is 0. The van der Waals surface area contributed by atoms with Gasteiger partial charge in [0.05, 0.1) is 0 Å². The first-order valence-electron chi connectivity index (χ1n) is 13.5. The van der Waals surface area contributed by atoms with Crippen molar-refractivity contribution in [3.8, 4) is 0 Å². The minimum atomic E-state index is 0. The summed E-state index contributed by atoms with van der Waals surface area (Å²) in [6.45, 7) is 17.5. The Hall–Kier alpha value is 0.957. The fraction of sp³-hybridized carbons (Fsp3) is 0.929. The van der Waals surface area contributed by atoms with E-state index in [2.05, 4.69) is 54.4 Å². The predicted molar refractivity (Wildman–Crippen MR) is 144 cm³/mol. The Labute approximate surface area is 237 Å². The van der Waals surface area contributed by atoms with Crippen molar-refractivity contribution in [1.29, 1.82) is 0 Å². The maximum Gasteiger partial charge on any atom is 2.00 e. The van der Waals surface area contributed by atoms with Crippen LogP contribution in [0.3, 0.4) is 0 Å². The van der Waals surface area contributed by atoms with Gasteiger partial charge in [0.25, 0.3) is 0 Å². The molecule has 2 unspecified atom stereocenters. The Morgan fingerprint density at radius 3 is 1.18 bits per heavy atom. The topological polar surface area (TPSA) is 36.9 Å². The molecule has 0 N–H and O–H groups in total. The first kappa shape index (κ1) is 42.1. The summed E-state index contributed by atoms with van der Waals surface area (Å²) in [5.41, 5.74) is 0. The number of rotatable bonds is 24. The fourth-order valence-corrected chi connectivity index (χ4v) is 3.37. The average Bonchev–Trinajstić information content (AvgIpc) is 2.78. The zero-order valence-corrected chi connectivity index (χ0v) is 24.9. The molecule has 0 rings (SSSR count). The molecule has 4 nitrogen and oxygen atoms in total. The third kappa shape index (κ3) is 40.1. The minimum absolute atomic E-state index is 0. The molecule has 0 amide bonds. The van der Waals surface area contributed by atoms with Crippen LogP contribution in [-0.2, 0) is 36.0 Å². The van der Waals surface area contributed by atoms with Gasteiger partial charge in [0.15, 0.2) is 0 Å². The second-order valence-electron chi connectivity index (χ2n) is 9.07. The molecule has 0 fully saturated rings. The monoisotopic (exact) mass is 528 g/mol. The third-order valence-electron chi connectivity index (χ3n) is 5.37. The molecule has 0 heterocycles. The van der Waals surface area contributed by atoms with E-state index in [-0.39, 0.29) is 35.9 Å². The van der Waals surface area contributed by atoms with Crippen molar-refractivity contribution in [2.45, 2.75) is 119 Å². The molecule has 0 spiro atoms. The molecule has 2 atom stereocenters. The van der Waals surface area contributed by atoms with Crippen LogP contribution in [0.25, 0.3) is 0 Å². The summed E-state index contributed by atoms with van der Waals surface area (Å²) in [5.74, 6) is 1.58. The van der Waals surface area contributed by atoms with Crippen LogP contribution in [0.4, 0.5) is 0 Å². The molecule has 0 aliphatic carbocycles. The normalized spacial score (nSPS) is 12.2. The van der Waals surface area contributed by atoms with Crippen LogP contribution in [0.15, 0.2) is 0 Å². The second-order valence-corrected chi connectivity index (χ2v) is 9.07. The summed E-state index contributed by atoms with van der Waals surface area (Å²) in [5, 5.41) is 0. The second kappa shape index (κ2) is 38.5. The summed E-state index contributed by atoms with van der Waals surface area (Å²) in [6.07, 6.45) is 19.0. The van der Waals surface area contributed by atoms with Gasteiger partial charge in [-0.3, -0.25) is 0 Å². The third-order valence-corrected chi connectivity index (χ3v) is 5.37. The van der Waals surface area contributed by atoms with Crippen molar-refractivity contribution in [2.75, 3.05) is 40.0 Å². The van der Waals surface area contributed by atoms with Crippen LogP contribution in [0.1, 0.15) is 119 Å². The molecular formula is C28H58CuLiO4. The van der Waals surface area contributed by atoms with E-state index in [1.54, 1.807) is 0 Å². The predicted octanol–water partition coefficient (Wildman–Crippen LogP) is 8.01. The average molecular weight is 529 g/mol. The van der Waals surface area contributed by atoms with Crippen molar-refractivity contribution in [1.82, 2.24) is 0 Å². The van der Waals surface area contributed by atoms with Crippen molar-refractivity contribution >= 4 is 18.9 Å². The molecule has 0 saturated carbocycles. The van der Waals surface area contributed by atoms with Crippen LogP contribution in [0, 0.1) is 24.7 Å². The standard InChI is InChI=1S/2C14H29O2.Cu.Li/c2*1-4-6-7-11-15-13-16-12-8-10-14(3)9-5-2;;/h2*5,14H,4,6-13H2,1-3H3;;/q2*-1;+2;. The van der Waals surface area contributed by atoms with E-state index in [0.29, 0.717) is 13.6 Å². The molecule has 0 aliphatic rings. The van der Waals surface area contributed by atoms with Gasteiger partial charge in [0, 0.05) is 45.3 Å². The summed E-state index contributed by atoms with van der Waals surface area (Å²) >= 11 is 0. The van der Waals surface area contributed by atoms with E-state index in [4.69, 9.17) is 18.9 Å². The zero-order chi connectivity index (χ0) is 24.1. The molecule has 206 valence electrons. The summed E-state index contributed by atoms with van der Waals surface area (Å²) in [4.78, 5) is 0. The maximum atomic E-state index is 5.41. The van der Waals surface area contributed by atoms with Crippen LogP contribution in [0.5, 0.6) is 0 Å². The largest absolute Gasteiger partial charge is 2.00 e. The molecule has 0 aliphatic heterocycles.